The second kappa shape index (κ2) is 7.44. The number of fused-ring (bicyclic) bond motifs is 1. The van der Waals surface area contributed by atoms with Crippen molar-refractivity contribution in [2.45, 2.75) is 18.9 Å². The number of likely N-dealkylation sites (tertiary alicyclic amines) is 1. The molecule has 4 nitrogen and oxygen atoms in total. The summed E-state index contributed by atoms with van der Waals surface area (Å²) in [5.41, 5.74) is 2.44. The Hall–Kier alpha value is -1.07. The monoisotopic (exact) mass is 348 g/mol. The zero-order chi connectivity index (χ0) is 16.4. The van der Waals surface area contributed by atoms with Crippen molar-refractivity contribution in [1.82, 2.24) is 9.80 Å². The number of rotatable bonds is 3. The summed E-state index contributed by atoms with van der Waals surface area (Å²) < 4.78 is 11.4. The van der Waals surface area contributed by atoms with Crippen LogP contribution in [0.5, 0.6) is 5.75 Å². The Morgan fingerprint density at radius 2 is 2.04 bits per heavy atom. The van der Waals surface area contributed by atoms with Gasteiger partial charge in [-0.25, -0.2) is 0 Å². The molecule has 24 heavy (non-hydrogen) atoms. The van der Waals surface area contributed by atoms with Gasteiger partial charge in [-0.1, -0.05) is 11.6 Å². The summed E-state index contributed by atoms with van der Waals surface area (Å²) in [6.45, 7) is 7.94. The van der Waals surface area contributed by atoms with Gasteiger partial charge in [0.05, 0.1) is 13.2 Å². The highest BCUT2D eigenvalue weighted by molar-refractivity contribution is 6.30. The molecule has 0 unspecified atom stereocenters. The van der Waals surface area contributed by atoms with Gasteiger partial charge in [0.1, 0.15) is 12.4 Å². The second-order valence-electron chi connectivity index (χ2n) is 6.95. The number of hydrogen-bond donors (Lipinski definition) is 0. The van der Waals surface area contributed by atoms with Crippen LogP contribution >= 0.6 is 11.6 Å². The molecule has 0 amide bonds. The molecule has 0 aliphatic carbocycles. The van der Waals surface area contributed by atoms with Crippen LogP contribution in [-0.2, 0) is 4.74 Å². The first-order chi connectivity index (χ1) is 11.8. The van der Waals surface area contributed by atoms with Crippen molar-refractivity contribution in [3.63, 3.8) is 0 Å². The average molecular weight is 349 g/mol. The van der Waals surface area contributed by atoms with Gasteiger partial charge in [0, 0.05) is 42.8 Å². The molecule has 0 N–H and O–H groups in total. The molecule has 0 aromatic heterocycles. The number of hydrogen-bond acceptors (Lipinski definition) is 4. The molecular formula is C19H25ClN2O2. The first-order valence-corrected chi connectivity index (χ1v) is 9.32. The summed E-state index contributed by atoms with van der Waals surface area (Å²) in [6, 6.07) is 6.51. The lowest BCUT2D eigenvalue weighted by molar-refractivity contribution is -0.00163. The summed E-state index contributed by atoms with van der Waals surface area (Å²) in [5, 5.41) is 0.764. The highest BCUT2D eigenvalue weighted by Crippen LogP contribution is 2.29. The Bertz CT molecular complexity index is 613. The van der Waals surface area contributed by atoms with Crippen molar-refractivity contribution < 1.29 is 9.47 Å². The predicted octanol–water partition coefficient (Wildman–Crippen LogP) is 2.91. The van der Waals surface area contributed by atoms with Crippen molar-refractivity contribution in [2.75, 3.05) is 52.5 Å². The summed E-state index contributed by atoms with van der Waals surface area (Å²) in [5.74, 6) is 0.938. The standard InChI is InChI=1S/C19H25ClN2O2/c20-17-3-4-19-16(11-17)10-15(14-24-19)12-21-5-1-2-18(13-21)22-6-8-23-9-7-22/h3-4,10-11,18H,1-2,5-9,12-14H2/t18-/m1/s1. The lowest BCUT2D eigenvalue weighted by Crippen LogP contribution is -2.51. The molecule has 3 aliphatic heterocycles. The van der Waals surface area contributed by atoms with Gasteiger partial charge in [0.2, 0.25) is 0 Å². The van der Waals surface area contributed by atoms with Crippen LogP contribution in [-0.4, -0.2) is 68.4 Å². The molecule has 3 heterocycles. The maximum absolute atomic E-state index is 6.11. The first-order valence-electron chi connectivity index (χ1n) is 8.94. The Morgan fingerprint density at radius 1 is 1.17 bits per heavy atom. The topological polar surface area (TPSA) is 24.9 Å². The molecule has 3 aliphatic rings. The van der Waals surface area contributed by atoms with E-state index in [1.807, 2.05) is 18.2 Å². The maximum Gasteiger partial charge on any atom is 0.127 e. The summed E-state index contributed by atoms with van der Waals surface area (Å²) >= 11 is 6.11. The third-order valence-corrected chi connectivity index (χ3v) is 5.45. The molecule has 1 aromatic rings. The van der Waals surface area contributed by atoms with E-state index >= 15 is 0 Å². The molecule has 4 rings (SSSR count). The quantitative estimate of drug-likeness (QED) is 0.838. The van der Waals surface area contributed by atoms with Crippen LogP contribution in [0.15, 0.2) is 23.8 Å². The van der Waals surface area contributed by atoms with Gasteiger partial charge in [-0.15, -0.1) is 0 Å². The molecule has 2 saturated heterocycles. The van der Waals surface area contributed by atoms with Crippen LogP contribution < -0.4 is 4.74 Å². The molecule has 1 atom stereocenters. The zero-order valence-electron chi connectivity index (χ0n) is 14.0. The SMILES string of the molecule is Clc1ccc2c(c1)C=C(CN1CCC[C@@H](N3CCOCC3)C1)CO2. The molecule has 2 fully saturated rings. The largest absolute Gasteiger partial charge is 0.489 e. The van der Waals surface area contributed by atoms with Gasteiger partial charge in [0.15, 0.2) is 0 Å². The van der Waals surface area contributed by atoms with E-state index in [-0.39, 0.29) is 0 Å². The number of ether oxygens (including phenoxy) is 2. The Morgan fingerprint density at radius 3 is 2.92 bits per heavy atom. The van der Waals surface area contributed by atoms with Crippen molar-refractivity contribution in [3.8, 4) is 5.75 Å². The van der Waals surface area contributed by atoms with Crippen LogP contribution in [0, 0.1) is 0 Å². The zero-order valence-corrected chi connectivity index (χ0v) is 14.8. The molecule has 0 bridgehead atoms. The number of piperidine rings is 1. The second-order valence-corrected chi connectivity index (χ2v) is 7.39. The number of halogens is 1. The van der Waals surface area contributed by atoms with Gasteiger partial charge in [0.25, 0.3) is 0 Å². The van der Waals surface area contributed by atoms with Crippen LogP contribution in [0.1, 0.15) is 18.4 Å². The predicted molar refractivity (Wildman–Crippen MR) is 96.8 cm³/mol. The average Bonchev–Trinajstić information content (AvgIpc) is 2.62. The normalized spacial score (nSPS) is 25.7. The fourth-order valence-corrected chi connectivity index (χ4v) is 4.17. The minimum Gasteiger partial charge on any atom is -0.489 e. The number of benzene rings is 1. The van der Waals surface area contributed by atoms with Crippen molar-refractivity contribution in [2.24, 2.45) is 0 Å². The smallest absolute Gasteiger partial charge is 0.127 e. The van der Waals surface area contributed by atoms with Gasteiger partial charge in [-0.05, 0) is 49.2 Å². The van der Waals surface area contributed by atoms with Crippen LogP contribution in [0.4, 0.5) is 0 Å². The highest BCUT2D eigenvalue weighted by atomic mass is 35.5. The van der Waals surface area contributed by atoms with Gasteiger partial charge in [-0.3, -0.25) is 9.80 Å². The van der Waals surface area contributed by atoms with Crippen molar-refractivity contribution >= 4 is 17.7 Å². The summed E-state index contributed by atoms with van der Waals surface area (Å²) in [4.78, 5) is 5.19. The van der Waals surface area contributed by atoms with E-state index in [1.54, 1.807) is 0 Å². The fraction of sp³-hybridized carbons (Fsp3) is 0.579. The molecule has 0 spiro atoms. The minimum absolute atomic E-state index is 0.675. The van der Waals surface area contributed by atoms with E-state index in [2.05, 4.69) is 15.9 Å². The fourth-order valence-electron chi connectivity index (χ4n) is 3.99. The lowest BCUT2D eigenvalue weighted by Gasteiger charge is -2.41. The molecule has 130 valence electrons. The van der Waals surface area contributed by atoms with Crippen LogP contribution in [0.25, 0.3) is 6.08 Å². The highest BCUT2D eigenvalue weighted by Gasteiger charge is 2.27. The van der Waals surface area contributed by atoms with Gasteiger partial charge < -0.3 is 9.47 Å². The van der Waals surface area contributed by atoms with Gasteiger partial charge in [-0.2, -0.15) is 0 Å². The Kier molecular flexibility index (Phi) is 5.09. The molecular weight excluding hydrogens is 324 g/mol. The minimum atomic E-state index is 0.675. The van der Waals surface area contributed by atoms with E-state index in [9.17, 15) is 0 Å². The van der Waals surface area contributed by atoms with Crippen LogP contribution in [0.3, 0.4) is 0 Å². The van der Waals surface area contributed by atoms with E-state index < -0.39 is 0 Å². The molecule has 1 aromatic carbocycles. The molecule has 0 saturated carbocycles. The van der Waals surface area contributed by atoms with E-state index in [4.69, 9.17) is 21.1 Å². The first kappa shape index (κ1) is 16.4. The summed E-state index contributed by atoms with van der Waals surface area (Å²) in [6.07, 6.45) is 4.84. The van der Waals surface area contributed by atoms with Crippen molar-refractivity contribution in [3.05, 3.63) is 34.4 Å². The third kappa shape index (κ3) is 3.77. The Balaban J connectivity index is 1.40. The lowest BCUT2D eigenvalue weighted by atomic mass is 10.0. The van der Waals surface area contributed by atoms with E-state index in [1.165, 1.54) is 25.0 Å². The van der Waals surface area contributed by atoms with E-state index in [0.29, 0.717) is 12.6 Å². The van der Waals surface area contributed by atoms with Crippen molar-refractivity contribution in [1.29, 1.82) is 0 Å². The third-order valence-electron chi connectivity index (χ3n) is 5.21. The summed E-state index contributed by atoms with van der Waals surface area (Å²) in [7, 11) is 0. The maximum atomic E-state index is 6.11. The molecule has 0 radical (unpaired) electrons. The van der Waals surface area contributed by atoms with E-state index in [0.717, 1.165) is 55.7 Å². The number of nitrogens with zero attached hydrogens (tertiary/aromatic N) is 2. The molecule has 5 heteroatoms. The number of morpholine rings is 1. The Labute approximate surface area is 149 Å². The van der Waals surface area contributed by atoms with Gasteiger partial charge >= 0.3 is 0 Å². The van der Waals surface area contributed by atoms with Crippen LogP contribution in [0.2, 0.25) is 5.02 Å².